The van der Waals surface area contributed by atoms with E-state index in [0.717, 1.165) is 46.7 Å². The molecule has 3 aromatic rings. The second-order valence-corrected chi connectivity index (χ2v) is 8.90. The van der Waals surface area contributed by atoms with E-state index >= 15 is 0 Å². The van der Waals surface area contributed by atoms with Crippen LogP contribution in [0.4, 0.5) is 4.39 Å². The van der Waals surface area contributed by atoms with Crippen LogP contribution >= 0.6 is 15.9 Å². The molecule has 30 heavy (non-hydrogen) atoms. The van der Waals surface area contributed by atoms with E-state index < -0.39 is 6.10 Å². The molecule has 1 saturated heterocycles. The van der Waals surface area contributed by atoms with E-state index in [1.165, 1.54) is 12.1 Å². The molecule has 2 atom stereocenters. The van der Waals surface area contributed by atoms with Gasteiger partial charge in [0.1, 0.15) is 5.82 Å². The zero-order valence-electron chi connectivity index (χ0n) is 16.9. The fraction of sp³-hybridized carbons (Fsp3) is 0.320. The summed E-state index contributed by atoms with van der Waals surface area (Å²) in [6, 6.07) is 17.6. The van der Waals surface area contributed by atoms with Gasteiger partial charge in [-0.25, -0.2) is 4.39 Å². The van der Waals surface area contributed by atoms with Crippen molar-refractivity contribution in [3.8, 4) is 0 Å². The lowest BCUT2D eigenvalue weighted by molar-refractivity contribution is 0.0450. The molecule has 4 rings (SSSR count). The molecule has 0 aliphatic carbocycles. The van der Waals surface area contributed by atoms with E-state index in [9.17, 15) is 14.3 Å². The average Bonchev–Trinajstić information content (AvgIpc) is 2.79. The number of carbonyl (C=O) groups excluding carboxylic acids is 1. The van der Waals surface area contributed by atoms with Gasteiger partial charge in [-0.15, -0.1) is 0 Å². The maximum atomic E-state index is 13.1. The van der Waals surface area contributed by atoms with Crippen molar-refractivity contribution in [1.29, 1.82) is 0 Å². The predicted molar refractivity (Wildman–Crippen MR) is 121 cm³/mol. The van der Waals surface area contributed by atoms with Crippen molar-refractivity contribution in [2.24, 2.45) is 5.92 Å². The molecule has 0 bridgehead atoms. The molecule has 0 saturated carbocycles. The number of hydrogen-bond donors (Lipinski definition) is 1. The Morgan fingerprint density at radius 2 is 1.67 bits per heavy atom. The molecular formula is C25H25BrFNO2. The van der Waals surface area contributed by atoms with Crippen LogP contribution in [0.1, 0.15) is 41.8 Å². The number of aliphatic hydroxyl groups excluding tert-OH is 1. The second kappa shape index (κ2) is 8.96. The van der Waals surface area contributed by atoms with Crippen LogP contribution in [0.5, 0.6) is 0 Å². The molecule has 1 N–H and O–H groups in total. The van der Waals surface area contributed by atoms with Crippen LogP contribution in [0.2, 0.25) is 0 Å². The lowest BCUT2D eigenvalue weighted by atomic mass is 9.85. The summed E-state index contributed by atoms with van der Waals surface area (Å²) in [5.41, 5.74) is 1.50. The molecule has 0 amide bonds. The van der Waals surface area contributed by atoms with Gasteiger partial charge in [-0.2, -0.15) is 0 Å². The third-order valence-electron chi connectivity index (χ3n) is 6.30. The van der Waals surface area contributed by atoms with Gasteiger partial charge < -0.3 is 5.11 Å². The van der Waals surface area contributed by atoms with Crippen molar-refractivity contribution in [3.63, 3.8) is 0 Å². The van der Waals surface area contributed by atoms with Crippen molar-refractivity contribution in [2.75, 3.05) is 13.1 Å². The largest absolute Gasteiger partial charge is 0.388 e. The van der Waals surface area contributed by atoms with E-state index in [0.29, 0.717) is 5.56 Å². The summed E-state index contributed by atoms with van der Waals surface area (Å²) in [5.74, 6) is -0.179. The molecule has 3 aromatic carbocycles. The van der Waals surface area contributed by atoms with Crippen LogP contribution in [0.15, 0.2) is 65.1 Å². The van der Waals surface area contributed by atoms with Crippen LogP contribution in [-0.2, 0) is 0 Å². The number of likely N-dealkylation sites (tertiary alicyclic amines) is 1. The van der Waals surface area contributed by atoms with Gasteiger partial charge in [0, 0.05) is 10.0 Å². The number of Topliss-reactive ketones (excluding diaryl/α,β-unsaturated/α-hetero) is 1. The molecule has 0 radical (unpaired) electrons. The molecule has 3 nitrogen and oxygen atoms in total. The highest BCUT2D eigenvalue weighted by Gasteiger charge is 2.31. The second-order valence-electron chi connectivity index (χ2n) is 8.05. The van der Waals surface area contributed by atoms with Crippen LogP contribution < -0.4 is 0 Å². The van der Waals surface area contributed by atoms with Crippen molar-refractivity contribution < 1.29 is 14.3 Å². The summed E-state index contributed by atoms with van der Waals surface area (Å²) < 4.78 is 14.2. The lowest BCUT2D eigenvalue weighted by Crippen LogP contribution is -2.44. The van der Waals surface area contributed by atoms with Crippen LogP contribution in [-0.4, -0.2) is 34.9 Å². The van der Waals surface area contributed by atoms with Crippen molar-refractivity contribution in [1.82, 2.24) is 4.90 Å². The van der Waals surface area contributed by atoms with Gasteiger partial charge in [-0.3, -0.25) is 9.69 Å². The van der Waals surface area contributed by atoms with Gasteiger partial charge >= 0.3 is 0 Å². The molecule has 156 valence electrons. The number of benzene rings is 3. The van der Waals surface area contributed by atoms with Gasteiger partial charge in [0.05, 0.1) is 12.1 Å². The summed E-state index contributed by atoms with van der Waals surface area (Å²) in [6.45, 7) is 3.42. The molecule has 1 aliphatic rings. The molecule has 2 unspecified atom stereocenters. The lowest BCUT2D eigenvalue weighted by Gasteiger charge is -2.37. The fourth-order valence-electron chi connectivity index (χ4n) is 4.44. The van der Waals surface area contributed by atoms with E-state index in [4.69, 9.17) is 0 Å². The number of nitrogens with zero attached hydrogens (tertiary/aromatic N) is 1. The minimum Gasteiger partial charge on any atom is -0.388 e. The highest BCUT2D eigenvalue weighted by molar-refractivity contribution is 9.10. The highest BCUT2D eigenvalue weighted by Crippen LogP contribution is 2.37. The highest BCUT2D eigenvalue weighted by atomic mass is 79.9. The Hall–Kier alpha value is -2.08. The predicted octanol–water partition coefficient (Wildman–Crippen LogP) is 5.76. The quantitative estimate of drug-likeness (QED) is 0.483. The number of fused-ring (bicyclic) bond motifs is 1. The third-order valence-corrected chi connectivity index (χ3v) is 6.99. The molecule has 0 spiro atoms. The van der Waals surface area contributed by atoms with Crippen molar-refractivity contribution >= 4 is 32.5 Å². The first-order valence-corrected chi connectivity index (χ1v) is 11.1. The summed E-state index contributed by atoms with van der Waals surface area (Å²) in [4.78, 5) is 14.9. The van der Waals surface area contributed by atoms with Gasteiger partial charge in [0.15, 0.2) is 5.78 Å². The topological polar surface area (TPSA) is 40.5 Å². The maximum Gasteiger partial charge on any atom is 0.179 e. The third kappa shape index (κ3) is 4.20. The number of hydrogen-bond acceptors (Lipinski definition) is 3. The zero-order valence-corrected chi connectivity index (χ0v) is 18.5. The molecule has 1 aliphatic heterocycles. The van der Waals surface area contributed by atoms with E-state index in [1.54, 1.807) is 12.1 Å². The van der Waals surface area contributed by atoms with E-state index in [1.807, 2.05) is 31.2 Å². The van der Waals surface area contributed by atoms with E-state index in [-0.39, 0.29) is 23.6 Å². The summed E-state index contributed by atoms with van der Waals surface area (Å²) in [5, 5.41) is 13.3. The Labute approximate surface area is 184 Å². The maximum absolute atomic E-state index is 13.1. The summed E-state index contributed by atoms with van der Waals surface area (Å²) in [6.07, 6.45) is 1.12. The van der Waals surface area contributed by atoms with E-state index in [2.05, 4.69) is 33.0 Å². The van der Waals surface area contributed by atoms with Gasteiger partial charge in [-0.05, 0) is 85.4 Å². The monoisotopic (exact) mass is 469 g/mol. The number of halogens is 2. The number of piperidine rings is 1. The summed E-state index contributed by atoms with van der Waals surface area (Å²) in [7, 11) is 0. The Bertz CT molecular complexity index is 1040. The van der Waals surface area contributed by atoms with Crippen LogP contribution in [0, 0.1) is 11.7 Å². The Morgan fingerprint density at radius 3 is 2.33 bits per heavy atom. The minimum atomic E-state index is -0.534. The molecular weight excluding hydrogens is 445 g/mol. The first-order valence-electron chi connectivity index (χ1n) is 10.3. The number of ketones is 1. The fourth-order valence-corrected chi connectivity index (χ4v) is 4.92. The van der Waals surface area contributed by atoms with Crippen molar-refractivity contribution in [3.05, 3.63) is 82.1 Å². The standard InChI is InChI=1S/C25H25BrFNO2/c1-16(24(29)17-6-8-19(27)9-7-17)28-14-12-18(13-15-28)25(30)22-10-11-23(26)21-5-3-2-4-20(21)22/h2-11,16,18,25,30H,12-15H2,1H3. The first kappa shape index (κ1) is 21.2. The number of aliphatic hydroxyl groups is 1. The zero-order chi connectivity index (χ0) is 21.3. The smallest absolute Gasteiger partial charge is 0.179 e. The van der Waals surface area contributed by atoms with Gasteiger partial charge in [0.25, 0.3) is 0 Å². The SMILES string of the molecule is CC(C(=O)c1ccc(F)cc1)N1CCC(C(O)c2ccc(Br)c3ccccc23)CC1. The summed E-state index contributed by atoms with van der Waals surface area (Å²) >= 11 is 3.60. The average molecular weight is 470 g/mol. The molecule has 1 fully saturated rings. The molecule has 0 aromatic heterocycles. The molecule has 5 heteroatoms. The van der Waals surface area contributed by atoms with Crippen molar-refractivity contribution in [2.45, 2.75) is 31.9 Å². The molecule has 1 heterocycles. The van der Waals surface area contributed by atoms with Crippen LogP contribution in [0.25, 0.3) is 10.8 Å². The van der Waals surface area contributed by atoms with Gasteiger partial charge in [-0.1, -0.05) is 46.3 Å². The Balaban J connectivity index is 1.44. The normalized spacial score (nSPS) is 17.7. The Morgan fingerprint density at radius 1 is 1.03 bits per heavy atom. The number of carbonyl (C=O) groups is 1. The first-order chi connectivity index (χ1) is 14.5. The number of rotatable bonds is 5. The van der Waals surface area contributed by atoms with Gasteiger partial charge in [0.2, 0.25) is 0 Å². The van der Waals surface area contributed by atoms with Crippen LogP contribution in [0.3, 0.4) is 0 Å². The minimum absolute atomic E-state index is 0.00732. The Kier molecular flexibility index (Phi) is 6.32.